The van der Waals surface area contributed by atoms with Crippen LogP contribution in [0.2, 0.25) is 0 Å². The van der Waals surface area contributed by atoms with E-state index in [1.807, 2.05) is 0 Å². The van der Waals surface area contributed by atoms with Crippen molar-refractivity contribution in [3.05, 3.63) is 30.5 Å². The molecule has 1 heterocycles. The van der Waals surface area contributed by atoms with Gasteiger partial charge in [-0.2, -0.15) is 10.3 Å². The van der Waals surface area contributed by atoms with Crippen molar-refractivity contribution in [3.63, 3.8) is 0 Å². The van der Waals surface area contributed by atoms with E-state index < -0.39 is 10.0 Å². The fourth-order valence-electron chi connectivity index (χ4n) is 1.37. The van der Waals surface area contributed by atoms with E-state index in [0.717, 1.165) is 0 Å². The molecule has 0 spiro atoms. The Morgan fingerprint density at radius 2 is 1.95 bits per heavy atom. The first kappa shape index (κ1) is 13.0. The van der Waals surface area contributed by atoms with E-state index in [9.17, 15) is 13.2 Å². The van der Waals surface area contributed by atoms with Gasteiger partial charge in [0.1, 0.15) is 0 Å². The van der Waals surface area contributed by atoms with Crippen LogP contribution in [0, 0.1) is 0 Å². The average molecular weight is 281 g/mol. The summed E-state index contributed by atoms with van der Waals surface area (Å²) in [7, 11) is -3.71. The Bertz CT molecular complexity index is 664. The number of carbonyl (C=O) groups is 1. The first-order chi connectivity index (χ1) is 8.97. The van der Waals surface area contributed by atoms with Crippen molar-refractivity contribution < 1.29 is 13.2 Å². The zero-order chi connectivity index (χ0) is 13.9. The molecule has 19 heavy (non-hydrogen) atoms. The van der Waals surface area contributed by atoms with Crippen LogP contribution in [0.15, 0.2) is 35.4 Å². The van der Waals surface area contributed by atoms with E-state index in [-0.39, 0.29) is 16.6 Å². The minimum atomic E-state index is -3.71. The van der Waals surface area contributed by atoms with E-state index in [2.05, 4.69) is 25.4 Å². The molecule has 0 atom stereocenters. The van der Waals surface area contributed by atoms with Crippen LogP contribution in [0.4, 0.5) is 11.5 Å². The number of aromatic nitrogens is 3. The summed E-state index contributed by atoms with van der Waals surface area (Å²) in [5.41, 5.74) is 0.521. The Kier molecular flexibility index (Phi) is 3.47. The molecular formula is C10H11N5O3S. The van der Waals surface area contributed by atoms with Crippen LogP contribution in [-0.4, -0.2) is 29.7 Å². The maximum atomic E-state index is 12.0. The third-order valence-corrected chi connectivity index (χ3v) is 3.51. The molecule has 0 radical (unpaired) electrons. The molecule has 2 rings (SSSR count). The largest absolute Gasteiger partial charge is 0.326 e. The second kappa shape index (κ2) is 5.06. The lowest BCUT2D eigenvalue weighted by molar-refractivity contribution is -0.114. The average Bonchev–Trinajstić information content (AvgIpc) is 2.81. The molecule has 0 fully saturated rings. The van der Waals surface area contributed by atoms with Crippen LogP contribution in [0.5, 0.6) is 0 Å². The molecule has 0 bridgehead atoms. The second-order valence-electron chi connectivity index (χ2n) is 3.67. The van der Waals surface area contributed by atoms with Gasteiger partial charge >= 0.3 is 0 Å². The minimum absolute atomic E-state index is 0.0598. The normalized spacial score (nSPS) is 11.0. The van der Waals surface area contributed by atoms with Crippen LogP contribution in [0.25, 0.3) is 0 Å². The topological polar surface area (TPSA) is 117 Å². The number of aromatic amines is 1. The highest BCUT2D eigenvalue weighted by molar-refractivity contribution is 7.92. The van der Waals surface area contributed by atoms with Crippen molar-refractivity contribution in [1.29, 1.82) is 0 Å². The Labute approximate surface area is 109 Å². The van der Waals surface area contributed by atoms with Gasteiger partial charge in [0.15, 0.2) is 5.82 Å². The van der Waals surface area contributed by atoms with E-state index in [0.29, 0.717) is 5.69 Å². The maximum Gasteiger partial charge on any atom is 0.263 e. The van der Waals surface area contributed by atoms with E-state index in [4.69, 9.17) is 0 Å². The third-order valence-electron chi connectivity index (χ3n) is 2.14. The Balaban J connectivity index is 2.19. The van der Waals surface area contributed by atoms with Crippen molar-refractivity contribution in [3.8, 4) is 0 Å². The number of nitrogens with one attached hydrogen (secondary N) is 3. The number of rotatable bonds is 4. The number of hydrogen-bond acceptors (Lipinski definition) is 5. The number of benzene rings is 1. The van der Waals surface area contributed by atoms with Crippen LogP contribution >= 0.6 is 0 Å². The fourth-order valence-corrected chi connectivity index (χ4v) is 2.35. The van der Waals surface area contributed by atoms with Crippen molar-refractivity contribution in [2.24, 2.45) is 0 Å². The lowest BCUT2D eigenvalue weighted by Crippen LogP contribution is -2.13. The summed E-state index contributed by atoms with van der Waals surface area (Å²) in [4.78, 5) is 10.9. The lowest BCUT2D eigenvalue weighted by Gasteiger charge is -2.06. The Morgan fingerprint density at radius 1 is 1.26 bits per heavy atom. The van der Waals surface area contributed by atoms with Gasteiger partial charge < -0.3 is 5.32 Å². The van der Waals surface area contributed by atoms with Gasteiger partial charge in [-0.25, -0.2) is 8.42 Å². The molecule has 1 aromatic carbocycles. The monoisotopic (exact) mass is 281 g/mol. The number of amides is 1. The molecule has 8 nitrogen and oxygen atoms in total. The molecule has 9 heteroatoms. The van der Waals surface area contributed by atoms with Gasteiger partial charge in [-0.3, -0.25) is 9.52 Å². The van der Waals surface area contributed by atoms with Gasteiger partial charge in [0.2, 0.25) is 5.91 Å². The van der Waals surface area contributed by atoms with Crippen molar-refractivity contribution >= 4 is 27.4 Å². The van der Waals surface area contributed by atoms with Crippen molar-refractivity contribution in [2.75, 3.05) is 10.0 Å². The molecule has 100 valence electrons. The molecular weight excluding hydrogens is 270 g/mol. The van der Waals surface area contributed by atoms with Crippen LogP contribution < -0.4 is 10.0 Å². The van der Waals surface area contributed by atoms with E-state index in [1.54, 1.807) is 0 Å². The summed E-state index contributed by atoms with van der Waals surface area (Å²) >= 11 is 0. The molecule has 0 unspecified atom stereocenters. The quantitative estimate of drug-likeness (QED) is 0.757. The van der Waals surface area contributed by atoms with Crippen molar-refractivity contribution in [2.45, 2.75) is 11.8 Å². The van der Waals surface area contributed by atoms with Gasteiger partial charge in [-0.05, 0) is 24.3 Å². The highest BCUT2D eigenvalue weighted by Gasteiger charge is 2.15. The smallest absolute Gasteiger partial charge is 0.263 e. The Morgan fingerprint density at radius 3 is 2.47 bits per heavy atom. The number of carbonyl (C=O) groups excluding carboxylic acids is 1. The standard InChI is InChI=1S/C10H11N5O3S/c1-7(16)12-8-2-4-9(5-3-8)19(17,18)14-10-6-11-15-13-10/h2-6H,1H3,(H,12,16)(H2,11,13,14,15). The van der Waals surface area contributed by atoms with Crippen molar-refractivity contribution in [1.82, 2.24) is 15.4 Å². The molecule has 0 aliphatic carbocycles. The molecule has 3 N–H and O–H groups in total. The van der Waals surface area contributed by atoms with Gasteiger partial charge in [0.05, 0.1) is 11.1 Å². The molecule has 1 amide bonds. The summed E-state index contributed by atoms with van der Waals surface area (Å²) in [5, 5.41) is 11.9. The van der Waals surface area contributed by atoms with Gasteiger partial charge in [-0.1, -0.05) is 0 Å². The van der Waals surface area contributed by atoms with Gasteiger partial charge in [0.25, 0.3) is 10.0 Å². The SMILES string of the molecule is CC(=O)Nc1ccc(S(=O)(=O)Nc2cn[nH]n2)cc1. The fraction of sp³-hybridized carbons (Fsp3) is 0.100. The summed E-state index contributed by atoms with van der Waals surface area (Å²) < 4.78 is 26.2. The Hall–Kier alpha value is -2.42. The summed E-state index contributed by atoms with van der Waals surface area (Å²) in [6.07, 6.45) is 1.25. The zero-order valence-electron chi connectivity index (χ0n) is 9.91. The molecule has 2 aromatic rings. The first-order valence-electron chi connectivity index (χ1n) is 5.23. The maximum absolute atomic E-state index is 12.0. The molecule has 1 aromatic heterocycles. The van der Waals surface area contributed by atoms with Gasteiger partial charge in [-0.15, -0.1) is 5.10 Å². The highest BCUT2D eigenvalue weighted by Crippen LogP contribution is 2.16. The number of sulfonamides is 1. The predicted octanol–water partition coefficient (Wildman–Crippen LogP) is 0.564. The first-order valence-corrected chi connectivity index (χ1v) is 6.72. The number of hydrogen-bond donors (Lipinski definition) is 3. The van der Waals surface area contributed by atoms with Crippen LogP contribution in [0.1, 0.15) is 6.92 Å². The predicted molar refractivity (Wildman–Crippen MR) is 67.9 cm³/mol. The third kappa shape index (κ3) is 3.28. The highest BCUT2D eigenvalue weighted by atomic mass is 32.2. The summed E-state index contributed by atoms with van der Waals surface area (Å²) in [6, 6.07) is 5.76. The van der Waals surface area contributed by atoms with E-state index in [1.165, 1.54) is 37.4 Å². The van der Waals surface area contributed by atoms with Crippen LogP contribution in [0.3, 0.4) is 0 Å². The number of H-pyrrole nitrogens is 1. The zero-order valence-corrected chi connectivity index (χ0v) is 10.7. The second-order valence-corrected chi connectivity index (χ2v) is 5.35. The van der Waals surface area contributed by atoms with E-state index >= 15 is 0 Å². The van der Waals surface area contributed by atoms with Crippen LogP contribution in [-0.2, 0) is 14.8 Å². The van der Waals surface area contributed by atoms with Gasteiger partial charge in [0, 0.05) is 12.6 Å². The number of anilines is 2. The summed E-state index contributed by atoms with van der Waals surface area (Å²) in [6.45, 7) is 1.37. The molecule has 0 saturated heterocycles. The molecule has 0 aliphatic heterocycles. The molecule has 0 saturated carbocycles. The molecule has 0 aliphatic rings. The lowest BCUT2D eigenvalue weighted by atomic mass is 10.3. The number of nitrogens with zero attached hydrogens (tertiary/aromatic N) is 2. The summed E-state index contributed by atoms with van der Waals surface area (Å²) in [5.74, 6) is -0.123. The minimum Gasteiger partial charge on any atom is -0.326 e.